The van der Waals surface area contributed by atoms with Crippen molar-refractivity contribution in [2.75, 3.05) is 6.54 Å². The van der Waals surface area contributed by atoms with E-state index in [0.717, 1.165) is 16.8 Å². The molecule has 0 aliphatic rings. The first kappa shape index (κ1) is 23.4. The quantitative estimate of drug-likeness (QED) is 0.560. The zero-order chi connectivity index (χ0) is 23.5. The van der Waals surface area contributed by atoms with Gasteiger partial charge in [0.2, 0.25) is 0 Å². The van der Waals surface area contributed by atoms with E-state index >= 15 is 0 Å². The third kappa shape index (κ3) is 5.70. The molecule has 170 valence electrons. The summed E-state index contributed by atoms with van der Waals surface area (Å²) in [4.78, 5) is 26.6. The Morgan fingerprint density at radius 2 is 1.97 bits per heavy atom. The third-order valence-corrected chi connectivity index (χ3v) is 5.94. The topological polar surface area (TPSA) is 100 Å². The standard InChI is InChI=1S/C22H26FN5O3S/c1-22(2,3)28(21(30)31)12-17(9-14-5-7-16(23)8-6-14)25-20(29)19-10-15(13-32-19)18-11-24-26-27(18)4/h5-8,10-11,13,17H,9,12H2,1-4H3,(H,25,29)(H,30,31)/t17-/m1/s1. The van der Waals surface area contributed by atoms with Gasteiger partial charge in [0.1, 0.15) is 5.82 Å². The van der Waals surface area contributed by atoms with Gasteiger partial charge in [0.05, 0.1) is 22.8 Å². The maximum Gasteiger partial charge on any atom is 0.407 e. The van der Waals surface area contributed by atoms with E-state index in [-0.39, 0.29) is 18.3 Å². The summed E-state index contributed by atoms with van der Waals surface area (Å²) in [6, 6.07) is 7.21. The van der Waals surface area contributed by atoms with Gasteiger partial charge in [-0.1, -0.05) is 17.3 Å². The molecule has 0 spiro atoms. The largest absolute Gasteiger partial charge is 0.465 e. The van der Waals surface area contributed by atoms with Gasteiger partial charge in [-0.3, -0.25) is 4.79 Å². The average molecular weight is 460 g/mol. The number of thiophene rings is 1. The fraction of sp³-hybridized carbons (Fsp3) is 0.364. The molecule has 3 aromatic rings. The molecule has 1 atom stereocenters. The van der Waals surface area contributed by atoms with Crippen molar-refractivity contribution in [3.8, 4) is 11.3 Å². The van der Waals surface area contributed by atoms with Crippen LogP contribution in [-0.2, 0) is 13.5 Å². The smallest absolute Gasteiger partial charge is 0.407 e. The number of hydrogen-bond acceptors (Lipinski definition) is 5. The summed E-state index contributed by atoms with van der Waals surface area (Å²) in [6.07, 6.45) is 0.906. The van der Waals surface area contributed by atoms with Crippen molar-refractivity contribution < 1.29 is 19.1 Å². The van der Waals surface area contributed by atoms with E-state index in [0.29, 0.717) is 11.3 Å². The Bertz CT molecular complexity index is 1090. The number of rotatable bonds is 7. The van der Waals surface area contributed by atoms with E-state index in [4.69, 9.17) is 0 Å². The van der Waals surface area contributed by atoms with Crippen molar-refractivity contribution >= 4 is 23.3 Å². The Balaban J connectivity index is 1.81. The number of carbonyl (C=O) groups excluding carboxylic acids is 1. The number of nitrogens with zero attached hydrogens (tertiary/aromatic N) is 4. The number of aryl methyl sites for hydroxylation is 1. The van der Waals surface area contributed by atoms with E-state index in [1.54, 1.807) is 56.9 Å². The third-order valence-electron chi connectivity index (χ3n) is 5.01. The van der Waals surface area contributed by atoms with Gasteiger partial charge in [-0.05, 0) is 51.0 Å². The zero-order valence-corrected chi connectivity index (χ0v) is 19.2. The molecular formula is C22H26FN5O3S. The van der Waals surface area contributed by atoms with Crippen molar-refractivity contribution in [1.82, 2.24) is 25.2 Å². The number of halogens is 1. The molecule has 0 bridgehead atoms. The second kappa shape index (κ2) is 9.47. The molecule has 8 nitrogen and oxygen atoms in total. The van der Waals surface area contributed by atoms with Crippen LogP contribution < -0.4 is 5.32 Å². The first-order valence-electron chi connectivity index (χ1n) is 10.0. The van der Waals surface area contributed by atoms with Crippen LogP contribution in [0.2, 0.25) is 0 Å². The fourth-order valence-corrected chi connectivity index (χ4v) is 4.13. The average Bonchev–Trinajstić information content (AvgIpc) is 3.35. The second-order valence-electron chi connectivity index (χ2n) is 8.51. The normalized spacial score (nSPS) is 12.4. The summed E-state index contributed by atoms with van der Waals surface area (Å²) >= 11 is 1.29. The molecule has 0 aliphatic heterocycles. The van der Waals surface area contributed by atoms with E-state index in [1.807, 2.05) is 5.38 Å². The SMILES string of the molecule is Cn1nncc1-c1csc(C(=O)N[C@H](Cc2ccc(F)cc2)CN(C(=O)O)C(C)(C)C)c1. The summed E-state index contributed by atoms with van der Waals surface area (Å²) in [5, 5.41) is 22.3. The minimum Gasteiger partial charge on any atom is -0.465 e. The Hall–Kier alpha value is -3.27. The Kier molecular flexibility index (Phi) is 6.93. The molecule has 3 rings (SSSR count). The van der Waals surface area contributed by atoms with Crippen LogP contribution in [0, 0.1) is 5.82 Å². The van der Waals surface area contributed by atoms with Gasteiger partial charge in [0.25, 0.3) is 5.91 Å². The first-order valence-corrected chi connectivity index (χ1v) is 10.9. The summed E-state index contributed by atoms with van der Waals surface area (Å²) < 4.78 is 14.9. The van der Waals surface area contributed by atoms with Crippen molar-refractivity contribution in [3.63, 3.8) is 0 Å². The molecule has 0 saturated heterocycles. The molecule has 2 aromatic heterocycles. The van der Waals surface area contributed by atoms with Crippen molar-refractivity contribution in [2.24, 2.45) is 7.05 Å². The number of benzene rings is 1. The predicted molar refractivity (Wildman–Crippen MR) is 120 cm³/mol. The van der Waals surface area contributed by atoms with Crippen molar-refractivity contribution in [3.05, 3.63) is 58.2 Å². The Labute approximate surface area is 189 Å². The number of carboxylic acid groups (broad SMARTS) is 1. The van der Waals surface area contributed by atoms with Crippen LogP contribution in [0.25, 0.3) is 11.3 Å². The van der Waals surface area contributed by atoms with Crippen LogP contribution in [0.4, 0.5) is 9.18 Å². The highest BCUT2D eigenvalue weighted by atomic mass is 32.1. The lowest BCUT2D eigenvalue weighted by Crippen LogP contribution is -2.53. The summed E-state index contributed by atoms with van der Waals surface area (Å²) in [6.45, 7) is 5.48. The number of nitrogens with one attached hydrogen (secondary N) is 1. The summed E-state index contributed by atoms with van der Waals surface area (Å²) in [7, 11) is 1.77. The van der Waals surface area contributed by atoms with Crippen LogP contribution in [0.15, 0.2) is 41.9 Å². The lowest BCUT2D eigenvalue weighted by molar-refractivity contribution is 0.0824. The molecule has 0 saturated carbocycles. The van der Waals surface area contributed by atoms with Gasteiger partial charge < -0.3 is 15.3 Å². The van der Waals surface area contributed by atoms with Crippen LogP contribution in [0.1, 0.15) is 36.0 Å². The number of carbonyl (C=O) groups is 2. The molecule has 10 heteroatoms. The molecule has 32 heavy (non-hydrogen) atoms. The maximum absolute atomic E-state index is 13.3. The monoisotopic (exact) mass is 459 g/mol. The van der Waals surface area contributed by atoms with Gasteiger partial charge in [-0.15, -0.1) is 16.4 Å². The zero-order valence-electron chi connectivity index (χ0n) is 18.4. The molecule has 0 fully saturated rings. The number of amides is 2. The van der Waals surface area contributed by atoms with E-state index in [1.165, 1.54) is 28.4 Å². The van der Waals surface area contributed by atoms with Gasteiger partial charge >= 0.3 is 6.09 Å². The van der Waals surface area contributed by atoms with Crippen LogP contribution in [0.3, 0.4) is 0 Å². The molecule has 0 radical (unpaired) electrons. The van der Waals surface area contributed by atoms with Gasteiger partial charge in [-0.25, -0.2) is 13.9 Å². The molecular weight excluding hydrogens is 433 g/mol. The Morgan fingerprint density at radius 3 is 2.53 bits per heavy atom. The van der Waals surface area contributed by atoms with Crippen molar-refractivity contribution in [1.29, 1.82) is 0 Å². The van der Waals surface area contributed by atoms with Gasteiger partial charge in [-0.2, -0.15) is 0 Å². The number of hydrogen-bond donors (Lipinski definition) is 2. The van der Waals surface area contributed by atoms with E-state index in [2.05, 4.69) is 15.6 Å². The number of aromatic nitrogens is 3. The highest BCUT2D eigenvalue weighted by molar-refractivity contribution is 7.12. The summed E-state index contributed by atoms with van der Waals surface area (Å²) in [5.74, 6) is -0.658. The lowest BCUT2D eigenvalue weighted by atomic mass is 10.0. The van der Waals surface area contributed by atoms with Gasteiger partial charge in [0, 0.05) is 30.1 Å². The van der Waals surface area contributed by atoms with Crippen molar-refractivity contribution in [2.45, 2.75) is 38.8 Å². The van der Waals surface area contributed by atoms with Crippen LogP contribution >= 0.6 is 11.3 Å². The van der Waals surface area contributed by atoms with E-state index < -0.39 is 17.7 Å². The first-order chi connectivity index (χ1) is 15.0. The van der Waals surface area contributed by atoms with Crippen LogP contribution in [0.5, 0.6) is 0 Å². The summed E-state index contributed by atoms with van der Waals surface area (Å²) in [5.41, 5.74) is 1.75. The molecule has 2 N–H and O–H groups in total. The van der Waals surface area contributed by atoms with Crippen LogP contribution in [-0.4, -0.2) is 55.1 Å². The molecule has 1 aromatic carbocycles. The van der Waals surface area contributed by atoms with Gasteiger partial charge in [0.15, 0.2) is 0 Å². The lowest BCUT2D eigenvalue weighted by Gasteiger charge is -2.36. The highest BCUT2D eigenvalue weighted by Gasteiger charge is 2.30. The highest BCUT2D eigenvalue weighted by Crippen LogP contribution is 2.25. The molecule has 0 aliphatic carbocycles. The Morgan fingerprint density at radius 1 is 1.28 bits per heavy atom. The maximum atomic E-state index is 13.3. The second-order valence-corrected chi connectivity index (χ2v) is 9.42. The molecule has 0 unspecified atom stereocenters. The molecule has 2 amide bonds. The van der Waals surface area contributed by atoms with E-state index in [9.17, 15) is 19.1 Å². The molecule has 2 heterocycles. The predicted octanol–water partition coefficient (Wildman–Crippen LogP) is 3.80. The minimum atomic E-state index is -1.07. The minimum absolute atomic E-state index is 0.0891. The fourth-order valence-electron chi connectivity index (χ4n) is 3.32.